The van der Waals surface area contributed by atoms with Gasteiger partial charge in [0.1, 0.15) is 5.82 Å². The van der Waals surface area contributed by atoms with Gasteiger partial charge in [-0.2, -0.15) is 5.10 Å². The Morgan fingerprint density at radius 3 is 2.83 bits per heavy atom. The van der Waals surface area contributed by atoms with Crippen molar-refractivity contribution in [2.45, 2.75) is 25.7 Å². The lowest BCUT2D eigenvalue weighted by molar-refractivity contribution is 0.0668. The van der Waals surface area contributed by atoms with Crippen LogP contribution >= 0.6 is 0 Å². The summed E-state index contributed by atoms with van der Waals surface area (Å²) in [4.78, 5) is 14.4. The number of halogens is 1. The van der Waals surface area contributed by atoms with E-state index < -0.39 is 0 Å². The normalized spacial score (nSPS) is 18.2. The second kappa shape index (κ2) is 6.94. The summed E-state index contributed by atoms with van der Waals surface area (Å²) in [5.74, 6) is 0.388. The van der Waals surface area contributed by atoms with Gasteiger partial charge in [0.2, 0.25) is 0 Å². The summed E-state index contributed by atoms with van der Waals surface area (Å²) in [6, 6.07) is 6.70. The van der Waals surface area contributed by atoms with Gasteiger partial charge in [-0.3, -0.25) is 9.48 Å². The molecule has 1 amide bonds. The van der Waals surface area contributed by atoms with Crippen molar-refractivity contribution in [2.24, 2.45) is 13.0 Å². The third-order valence-electron chi connectivity index (χ3n) is 4.51. The number of likely N-dealkylation sites (tertiary alicyclic amines) is 1. The first-order valence-electron chi connectivity index (χ1n) is 8.14. The molecule has 1 aromatic heterocycles. The number of aryl methyl sites for hydroxylation is 2. The molecule has 0 N–H and O–H groups in total. The average molecular weight is 315 g/mol. The molecule has 0 radical (unpaired) electrons. The summed E-state index contributed by atoms with van der Waals surface area (Å²) in [6.07, 6.45) is 7.55. The van der Waals surface area contributed by atoms with E-state index >= 15 is 0 Å². The van der Waals surface area contributed by atoms with E-state index in [0.717, 1.165) is 44.3 Å². The number of carbonyl (C=O) groups is 1. The highest BCUT2D eigenvalue weighted by Gasteiger charge is 2.24. The van der Waals surface area contributed by atoms with E-state index in [0.29, 0.717) is 11.5 Å². The molecule has 122 valence electrons. The Hall–Kier alpha value is -2.17. The fourth-order valence-electron chi connectivity index (χ4n) is 3.22. The van der Waals surface area contributed by atoms with Gasteiger partial charge in [0.05, 0.1) is 11.8 Å². The highest BCUT2D eigenvalue weighted by atomic mass is 19.1. The first-order chi connectivity index (χ1) is 11.1. The zero-order valence-corrected chi connectivity index (χ0v) is 13.4. The monoisotopic (exact) mass is 315 g/mol. The Bertz CT molecular complexity index is 665. The van der Waals surface area contributed by atoms with Crippen molar-refractivity contribution in [1.82, 2.24) is 14.7 Å². The molecule has 0 spiro atoms. The third-order valence-corrected chi connectivity index (χ3v) is 4.51. The largest absolute Gasteiger partial charge is 0.338 e. The van der Waals surface area contributed by atoms with Gasteiger partial charge in [-0.1, -0.05) is 12.1 Å². The van der Waals surface area contributed by atoms with Gasteiger partial charge in [0.15, 0.2) is 0 Å². The number of piperidine rings is 1. The van der Waals surface area contributed by atoms with Gasteiger partial charge < -0.3 is 4.90 Å². The molecule has 2 aromatic rings. The van der Waals surface area contributed by atoms with Crippen LogP contribution in [0.25, 0.3) is 0 Å². The molecule has 3 rings (SSSR count). The van der Waals surface area contributed by atoms with Crippen LogP contribution in [0.15, 0.2) is 36.7 Å². The van der Waals surface area contributed by atoms with Gasteiger partial charge in [-0.25, -0.2) is 4.39 Å². The summed E-state index contributed by atoms with van der Waals surface area (Å²) in [5.41, 5.74) is 1.81. The number of aromatic nitrogens is 2. The second-order valence-corrected chi connectivity index (χ2v) is 6.33. The Morgan fingerprint density at radius 1 is 1.35 bits per heavy atom. The maximum Gasteiger partial charge on any atom is 0.257 e. The lowest BCUT2D eigenvalue weighted by atomic mass is 9.91. The molecule has 1 fully saturated rings. The molecule has 1 aliphatic rings. The standard InChI is InChI=1S/C18H22FN3O/c1-21-13-16(11-20-21)18(23)22-10-2-3-15(12-22)5-4-14-6-8-17(19)9-7-14/h6-9,11,13,15H,2-5,10,12H2,1H3/t15-/m0/s1. The maximum absolute atomic E-state index is 12.9. The van der Waals surface area contributed by atoms with Crippen LogP contribution in [0.2, 0.25) is 0 Å². The van der Waals surface area contributed by atoms with Crippen LogP contribution in [0.1, 0.15) is 35.2 Å². The number of rotatable bonds is 4. The molecule has 0 saturated carbocycles. The summed E-state index contributed by atoms with van der Waals surface area (Å²) in [6.45, 7) is 1.62. The highest BCUT2D eigenvalue weighted by molar-refractivity contribution is 5.93. The van der Waals surface area contributed by atoms with E-state index in [9.17, 15) is 9.18 Å². The molecule has 4 nitrogen and oxygen atoms in total. The third kappa shape index (κ3) is 3.97. The summed E-state index contributed by atoms with van der Waals surface area (Å²) in [7, 11) is 1.82. The van der Waals surface area contributed by atoms with Crippen LogP contribution in [-0.4, -0.2) is 33.7 Å². The Morgan fingerprint density at radius 2 is 2.13 bits per heavy atom. The van der Waals surface area contributed by atoms with E-state index in [4.69, 9.17) is 0 Å². The number of hydrogen-bond donors (Lipinski definition) is 0. The average Bonchev–Trinajstić information content (AvgIpc) is 3.00. The van der Waals surface area contributed by atoms with E-state index in [2.05, 4.69) is 5.10 Å². The van der Waals surface area contributed by atoms with Crippen molar-refractivity contribution in [1.29, 1.82) is 0 Å². The van der Waals surface area contributed by atoms with Gasteiger partial charge in [-0.15, -0.1) is 0 Å². The Balaban J connectivity index is 1.55. The van der Waals surface area contributed by atoms with E-state index in [1.54, 1.807) is 17.1 Å². The van der Waals surface area contributed by atoms with Gasteiger partial charge >= 0.3 is 0 Å². The first-order valence-corrected chi connectivity index (χ1v) is 8.14. The lowest BCUT2D eigenvalue weighted by Gasteiger charge is -2.32. The van der Waals surface area contributed by atoms with Gasteiger partial charge in [0.25, 0.3) is 5.91 Å². The predicted octanol–water partition coefficient (Wildman–Crippen LogP) is 3.04. The minimum absolute atomic E-state index is 0.0737. The fourth-order valence-corrected chi connectivity index (χ4v) is 3.22. The SMILES string of the molecule is Cn1cc(C(=O)N2CCC[C@@H](CCc3ccc(F)cc3)C2)cn1. The Labute approximate surface area is 135 Å². The number of carbonyl (C=O) groups excluding carboxylic acids is 1. The molecule has 2 heterocycles. The predicted molar refractivity (Wildman–Crippen MR) is 86.6 cm³/mol. The van der Waals surface area contributed by atoms with Crippen LogP contribution < -0.4 is 0 Å². The molecule has 0 unspecified atom stereocenters. The minimum Gasteiger partial charge on any atom is -0.338 e. The fraction of sp³-hybridized carbons (Fsp3) is 0.444. The van der Waals surface area contributed by atoms with Crippen LogP contribution in [0.3, 0.4) is 0 Å². The van der Waals surface area contributed by atoms with Crippen LogP contribution in [0.5, 0.6) is 0 Å². The number of hydrogen-bond acceptors (Lipinski definition) is 2. The molecule has 0 aliphatic carbocycles. The van der Waals surface area contributed by atoms with Gasteiger partial charge in [0, 0.05) is 26.3 Å². The van der Waals surface area contributed by atoms with E-state index in [1.807, 2.05) is 24.1 Å². The number of amides is 1. The highest BCUT2D eigenvalue weighted by Crippen LogP contribution is 2.23. The maximum atomic E-state index is 12.9. The van der Waals surface area contributed by atoms with Crippen molar-refractivity contribution >= 4 is 5.91 Å². The van der Waals surface area contributed by atoms with Crippen molar-refractivity contribution in [3.63, 3.8) is 0 Å². The molecule has 1 aromatic carbocycles. The second-order valence-electron chi connectivity index (χ2n) is 6.33. The summed E-state index contributed by atoms with van der Waals surface area (Å²) < 4.78 is 14.6. The zero-order chi connectivity index (χ0) is 16.2. The van der Waals surface area contributed by atoms with Crippen LogP contribution in [0, 0.1) is 11.7 Å². The van der Waals surface area contributed by atoms with Crippen molar-refractivity contribution in [3.8, 4) is 0 Å². The number of nitrogens with zero attached hydrogens (tertiary/aromatic N) is 3. The van der Waals surface area contributed by atoms with Gasteiger partial charge in [-0.05, 0) is 49.3 Å². The molecular formula is C18H22FN3O. The molecule has 1 saturated heterocycles. The van der Waals surface area contributed by atoms with E-state index in [-0.39, 0.29) is 11.7 Å². The molecule has 23 heavy (non-hydrogen) atoms. The summed E-state index contributed by atoms with van der Waals surface area (Å²) in [5, 5.41) is 4.07. The quantitative estimate of drug-likeness (QED) is 0.870. The molecule has 1 atom stereocenters. The van der Waals surface area contributed by atoms with Crippen molar-refractivity contribution in [2.75, 3.05) is 13.1 Å². The van der Waals surface area contributed by atoms with Crippen molar-refractivity contribution < 1.29 is 9.18 Å². The topological polar surface area (TPSA) is 38.1 Å². The smallest absolute Gasteiger partial charge is 0.257 e. The molecule has 0 bridgehead atoms. The Kier molecular flexibility index (Phi) is 4.74. The minimum atomic E-state index is -0.195. The van der Waals surface area contributed by atoms with E-state index in [1.165, 1.54) is 12.1 Å². The molecule has 5 heteroatoms. The van der Waals surface area contributed by atoms with Crippen LogP contribution in [-0.2, 0) is 13.5 Å². The lowest BCUT2D eigenvalue weighted by Crippen LogP contribution is -2.40. The van der Waals surface area contributed by atoms with Crippen LogP contribution in [0.4, 0.5) is 4.39 Å². The summed E-state index contributed by atoms with van der Waals surface area (Å²) >= 11 is 0. The first kappa shape index (κ1) is 15.7. The molecular weight excluding hydrogens is 293 g/mol. The molecule has 1 aliphatic heterocycles. The number of benzene rings is 1. The van der Waals surface area contributed by atoms with Crippen molar-refractivity contribution in [3.05, 3.63) is 53.6 Å². The zero-order valence-electron chi connectivity index (χ0n) is 13.4.